The smallest absolute Gasteiger partial charge is 0.303 e. The maximum Gasteiger partial charge on any atom is 0.303 e. The number of carboxylic acids is 1. The lowest BCUT2D eigenvalue weighted by Crippen LogP contribution is -2.54. The van der Waals surface area contributed by atoms with Crippen LogP contribution in [0.4, 0.5) is 0 Å². The molecule has 9 heteroatoms. The number of hydrogen-bond acceptors (Lipinski definition) is 5. The molecule has 2 N–H and O–H groups in total. The molecule has 3 rings (SSSR count). The van der Waals surface area contributed by atoms with Crippen LogP contribution >= 0.6 is 0 Å². The minimum Gasteiger partial charge on any atom is -0.481 e. The van der Waals surface area contributed by atoms with E-state index in [1.54, 1.807) is 35.1 Å². The van der Waals surface area contributed by atoms with Gasteiger partial charge in [-0.1, -0.05) is 38.1 Å². The molecule has 2 aromatic rings. The van der Waals surface area contributed by atoms with E-state index >= 15 is 0 Å². The van der Waals surface area contributed by atoms with Gasteiger partial charge in [-0.15, -0.1) is 5.10 Å². The van der Waals surface area contributed by atoms with Gasteiger partial charge in [-0.25, -0.2) is 0 Å². The fourth-order valence-corrected chi connectivity index (χ4v) is 3.71. The number of aromatic nitrogens is 3. The quantitative estimate of drug-likeness (QED) is 0.650. The molecule has 0 radical (unpaired) electrons. The molecule has 2 heterocycles. The van der Waals surface area contributed by atoms with Gasteiger partial charge in [0.1, 0.15) is 11.7 Å². The van der Waals surface area contributed by atoms with E-state index in [-0.39, 0.29) is 18.2 Å². The van der Waals surface area contributed by atoms with Crippen LogP contribution in [0, 0.1) is 5.41 Å². The Morgan fingerprint density at radius 1 is 1.12 bits per heavy atom. The summed E-state index contributed by atoms with van der Waals surface area (Å²) in [5, 5.41) is 19.8. The molecular weight excluding hydrogens is 410 g/mol. The Hall–Kier alpha value is -3.23. The van der Waals surface area contributed by atoms with E-state index in [4.69, 9.17) is 5.11 Å². The summed E-state index contributed by atoms with van der Waals surface area (Å²) in [6, 6.07) is 6.38. The molecule has 1 aromatic heterocycles. The van der Waals surface area contributed by atoms with Gasteiger partial charge in [-0.3, -0.25) is 19.1 Å². The monoisotopic (exact) mass is 441 g/mol. The maximum absolute atomic E-state index is 13.0. The summed E-state index contributed by atoms with van der Waals surface area (Å²) in [6.45, 7) is 7.82. The first-order valence-electron chi connectivity index (χ1n) is 11.0. The zero-order valence-corrected chi connectivity index (χ0v) is 18.9. The maximum atomic E-state index is 13.0. The molecule has 2 amide bonds. The van der Waals surface area contributed by atoms with Crippen molar-refractivity contribution in [1.29, 1.82) is 0 Å². The summed E-state index contributed by atoms with van der Waals surface area (Å²) in [6.07, 6.45) is 4.31. The molecule has 0 spiro atoms. The zero-order chi connectivity index (χ0) is 23.3. The van der Waals surface area contributed by atoms with Crippen molar-refractivity contribution >= 4 is 17.8 Å². The van der Waals surface area contributed by atoms with Gasteiger partial charge < -0.3 is 15.3 Å². The number of nitrogens with one attached hydrogen (secondary N) is 1. The average molecular weight is 442 g/mol. The minimum atomic E-state index is -0.838. The third-order valence-corrected chi connectivity index (χ3v) is 5.57. The zero-order valence-electron chi connectivity index (χ0n) is 18.9. The molecule has 32 heavy (non-hydrogen) atoms. The normalized spacial score (nSPS) is 14.9. The number of nitrogens with zero attached hydrogens (tertiary/aromatic N) is 4. The van der Waals surface area contributed by atoms with Crippen molar-refractivity contribution in [1.82, 2.24) is 25.2 Å². The molecule has 172 valence electrons. The van der Waals surface area contributed by atoms with E-state index in [1.165, 1.54) is 0 Å². The van der Waals surface area contributed by atoms with E-state index < -0.39 is 17.4 Å². The van der Waals surface area contributed by atoms with Crippen LogP contribution < -0.4 is 5.32 Å². The first-order chi connectivity index (χ1) is 15.1. The number of carboxylic acid groups (broad SMARTS) is 1. The van der Waals surface area contributed by atoms with Gasteiger partial charge in [-0.05, 0) is 36.8 Å². The van der Waals surface area contributed by atoms with Crippen LogP contribution in [0.15, 0.2) is 30.5 Å². The molecular formula is C23H31N5O4. The average Bonchev–Trinajstić information content (AvgIpc) is 3.43. The van der Waals surface area contributed by atoms with Gasteiger partial charge in [-0.2, -0.15) is 0 Å². The molecule has 1 aliphatic rings. The summed E-state index contributed by atoms with van der Waals surface area (Å²) >= 11 is 0. The Morgan fingerprint density at radius 3 is 2.38 bits per heavy atom. The number of hydrogen-bond donors (Lipinski definition) is 2. The Balaban J connectivity index is 1.65. The number of rotatable bonds is 8. The van der Waals surface area contributed by atoms with Crippen molar-refractivity contribution < 1.29 is 19.5 Å². The molecule has 1 aliphatic heterocycles. The fourth-order valence-electron chi connectivity index (χ4n) is 3.71. The molecule has 0 bridgehead atoms. The van der Waals surface area contributed by atoms with Crippen molar-refractivity contribution in [3.63, 3.8) is 0 Å². The number of aliphatic carboxylic acids is 1. The van der Waals surface area contributed by atoms with Crippen molar-refractivity contribution in [2.45, 2.75) is 59.0 Å². The van der Waals surface area contributed by atoms with E-state index in [0.29, 0.717) is 24.2 Å². The lowest BCUT2D eigenvalue weighted by Gasteiger charge is -2.33. The number of aryl methyl sites for hydroxylation is 1. The van der Waals surface area contributed by atoms with Crippen molar-refractivity contribution in [2.24, 2.45) is 5.41 Å². The van der Waals surface area contributed by atoms with Crippen LogP contribution in [0.5, 0.6) is 0 Å². The second kappa shape index (κ2) is 9.93. The van der Waals surface area contributed by atoms with Crippen molar-refractivity contribution in [2.75, 3.05) is 13.1 Å². The predicted octanol–water partition coefficient (Wildman–Crippen LogP) is 2.58. The number of carbonyl (C=O) groups excluding carboxylic acids is 2. The van der Waals surface area contributed by atoms with Crippen LogP contribution in [-0.4, -0.2) is 61.9 Å². The highest BCUT2D eigenvalue weighted by Gasteiger charge is 2.36. The first-order valence-corrected chi connectivity index (χ1v) is 11.0. The molecule has 1 fully saturated rings. The summed E-state index contributed by atoms with van der Waals surface area (Å²) < 4.78 is 1.61. The first kappa shape index (κ1) is 23.4. The Bertz CT molecular complexity index is 956. The molecule has 1 atom stereocenters. The Kier molecular flexibility index (Phi) is 7.27. The minimum absolute atomic E-state index is 0.0283. The van der Waals surface area contributed by atoms with Crippen LogP contribution in [0.25, 0.3) is 11.3 Å². The number of amides is 2. The van der Waals surface area contributed by atoms with Gasteiger partial charge in [0.25, 0.3) is 5.91 Å². The fraction of sp³-hybridized carbons (Fsp3) is 0.522. The second-order valence-electron chi connectivity index (χ2n) is 9.25. The lowest BCUT2D eigenvalue weighted by molar-refractivity contribution is -0.137. The highest BCUT2D eigenvalue weighted by Crippen LogP contribution is 2.24. The number of likely N-dealkylation sites (tertiary alicyclic amines) is 1. The van der Waals surface area contributed by atoms with Gasteiger partial charge in [0.2, 0.25) is 5.91 Å². The van der Waals surface area contributed by atoms with E-state index in [1.807, 2.05) is 25.7 Å². The van der Waals surface area contributed by atoms with Crippen LogP contribution in [0.1, 0.15) is 56.8 Å². The molecule has 0 saturated carbocycles. The SMILES string of the molecule is CC(C)(C)[C@H](NC(=O)c1ccc(-c2cn(CCCC(=O)O)nn2)cc1)C(=O)N1CCCC1. The highest BCUT2D eigenvalue weighted by molar-refractivity contribution is 5.98. The third kappa shape index (κ3) is 5.93. The molecule has 0 aliphatic carbocycles. The number of carbonyl (C=O) groups is 3. The number of benzene rings is 1. The van der Waals surface area contributed by atoms with Crippen molar-refractivity contribution in [3.05, 3.63) is 36.0 Å². The van der Waals surface area contributed by atoms with Gasteiger partial charge >= 0.3 is 5.97 Å². The Labute approximate surface area is 187 Å². The molecule has 1 saturated heterocycles. The molecule has 9 nitrogen and oxygen atoms in total. The largest absolute Gasteiger partial charge is 0.481 e. The van der Waals surface area contributed by atoms with Gasteiger partial charge in [0.15, 0.2) is 0 Å². The summed E-state index contributed by atoms with van der Waals surface area (Å²) in [5.41, 5.74) is 1.50. The van der Waals surface area contributed by atoms with Gasteiger partial charge in [0, 0.05) is 37.2 Å². The van der Waals surface area contributed by atoms with Crippen LogP contribution in [0.2, 0.25) is 0 Å². The summed E-state index contributed by atoms with van der Waals surface area (Å²) in [5.74, 6) is -1.16. The van der Waals surface area contributed by atoms with Crippen LogP contribution in [-0.2, 0) is 16.1 Å². The second-order valence-corrected chi connectivity index (χ2v) is 9.25. The third-order valence-electron chi connectivity index (χ3n) is 5.57. The van der Waals surface area contributed by atoms with E-state index in [2.05, 4.69) is 15.6 Å². The van der Waals surface area contributed by atoms with Crippen LogP contribution in [0.3, 0.4) is 0 Å². The summed E-state index contributed by atoms with van der Waals surface area (Å²) in [7, 11) is 0. The van der Waals surface area contributed by atoms with E-state index in [0.717, 1.165) is 31.5 Å². The lowest BCUT2D eigenvalue weighted by atomic mass is 9.85. The van der Waals surface area contributed by atoms with E-state index in [9.17, 15) is 14.4 Å². The highest BCUT2D eigenvalue weighted by atomic mass is 16.4. The standard InChI is InChI=1S/C23H31N5O4/c1-23(2,3)20(22(32)27-12-4-5-13-27)24-21(31)17-10-8-16(9-11-17)18-15-28(26-25-18)14-6-7-19(29)30/h8-11,15,20H,4-7,12-14H2,1-3H3,(H,24,31)(H,29,30)/t20-/m1/s1. The predicted molar refractivity (Wildman–Crippen MR) is 119 cm³/mol. The topological polar surface area (TPSA) is 117 Å². The summed E-state index contributed by atoms with van der Waals surface area (Å²) in [4.78, 5) is 38.3. The Morgan fingerprint density at radius 2 is 1.78 bits per heavy atom. The molecule has 0 unspecified atom stereocenters. The molecule has 1 aromatic carbocycles. The van der Waals surface area contributed by atoms with Gasteiger partial charge in [0.05, 0.1) is 6.20 Å². The van der Waals surface area contributed by atoms with Crippen molar-refractivity contribution in [3.8, 4) is 11.3 Å².